The number of amides is 1. The molecular formula is C25H27N3O2. The van der Waals surface area contributed by atoms with E-state index in [9.17, 15) is 9.59 Å². The summed E-state index contributed by atoms with van der Waals surface area (Å²) in [6, 6.07) is 13.2. The van der Waals surface area contributed by atoms with Crippen LogP contribution >= 0.6 is 0 Å². The summed E-state index contributed by atoms with van der Waals surface area (Å²) in [4.78, 5) is 32.6. The predicted molar refractivity (Wildman–Crippen MR) is 120 cm³/mol. The predicted octanol–water partition coefficient (Wildman–Crippen LogP) is 3.87. The number of aromatic nitrogens is 2. The van der Waals surface area contributed by atoms with Gasteiger partial charge in [0.05, 0.1) is 11.9 Å². The van der Waals surface area contributed by atoms with Crippen molar-refractivity contribution in [3.05, 3.63) is 75.7 Å². The van der Waals surface area contributed by atoms with Crippen LogP contribution in [0.3, 0.4) is 0 Å². The fourth-order valence-corrected chi connectivity index (χ4v) is 3.34. The van der Waals surface area contributed by atoms with Crippen LogP contribution in [0, 0.1) is 24.7 Å². The van der Waals surface area contributed by atoms with E-state index in [1.807, 2.05) is 62.6 Å². The Morgan fingerprint density at radius 1 is 1.17 bits per heavy atom. The van der Waals surface area contributed by atoms with Crippen LogP contribution in [-0.2, 0) is 6.54 Å². The lowest BCUT2D eigenvalue weighted by Gasteiger charge is -2.23. The van der Waals surface area contributed by atoms with E-state index in [0.717, 1.165) is 11.3 Å². The van der Waals surface area contributed by atoms with Gasteiger partial charge >= 0.3 is 0 Å². The fourth-order valence-electron chi connectivity index (χ4n) is 3.34. The minimum absolute atomic E-state index is 0.164. The van der Waals surface area contributed by atoms with Crippen LogP contribution in [0.25, 0.3) is 11.0 Å². The zero-order valence-electron chi connectivity index (χ0n) is 18.0. The lowest BCUT2D eigenvalue weighted by atomic mass is 10.1. The maximum absolute atomic E-state index is 13.3. The molecule has 1 amide bonds. The summed E-state index contributed by atoms with van der Waals surface area (Å²) in [5, 5.41) is 0.466. The van der Waals surface area contributed by atoms with Gasteiger partial charge in [-0.05, 0) is 44.0 Å². The number of carbonyl (C=O) groups is 1. The van der Waals surface area contributed by atoms with Crippen molar-refractivity contribution in [2.75, 3.05) is 13.1 Å². The van der Waals surface area contributed by atoms with Gasteiger partial charge in [-0.1, -0.05) is 43.9 Å². The van der Waals surface area contributed by atoms with E-state index in [4.69, 9.17) is 0 Å². The molecule has 30 heavy (non-hydrogen) atoms. The highest BCUT2D eigenvalue weighted by Gasteiger charge is 2.21. The number of fused-ring (bicyclic) bond motifs is 1. The number of benzene rings is 1. The topological polar surface area (TPSA) is 55.2 Å². The first-order valence-corrected chi connectivity index (χ1v) is 10.2. The van der Waals surface area contributed by atoms with Crippen molar-refractivity contribution in [1.82, 2.24) is 14.5 Å². The Balaban J connectivity index is 1.99. The summed E-state index contributed by atoms with van der Waals surface area (Å²) in [5.41, 5.74) is 2.23. The van der Waals surface area contributed by atoms with Crippen molar-refractivity contribution >= 4 is 16.9 Å². The number of nitrogens with zero attached hydrogens (tertiary/aromatic N) is 3. The molecule has 3 rings (SSSR count). The van der Waals surface area contributed by atoms with E-state index < -0.39 is 0 Å². The summed E-state index contributed by atoms with van der Waals surface area (Å²) >= 11 is 0. The van der Waals surface area contributed by atoms with Gasteiger partial charge in [0, 0.05) is 30.5 Å². The van der Waals surface area contributed by atoms with Crippen molar-refractivity contribution in [2.24, 2.45) is 5.92 Å². The van der Waals surface area contributed by atoms with Gasteiger partial charge in [0.1, 0.15) is 11.2 Å². The number of hydrogen-bond donors (Lipinski definition) is 0. The van der Waals surface area contributed by atoms with Crippen molar-refractivity contribution in [2.45, 2.75) is 34.2 Å². The molecule has 154 valence electrons. The van der Waals surface area contributed by atoms with Gasteiger partial charge < -0.3 is 9.47 Å². The van der Waals surface area contributed by atoms with Gasteiger partial charge in [0.2, 0.25) is 5.43 Å². The number of hydrogen-bond acceptors (Lipinski definition) is 3. The maximum Gasteiger partial charge on any atom is 0.260 e. The average Bonchev–Trinajstić information content (AvgIpc) is 2.73. The molecule has 0 saturated heterocycles. The van der Waals surface area contributed by atoms with Crippen LogP contribution in [0.2, 0.25) is 0 Å². The molecule has 0 bridgehead atoms. The van der Waals surface area contributed by atoms with E-state index in [1.165, 1.54) is 0 Å². The molecule has 0 fully saturated rings. The fraction of sp³-hybridized carbons (Fsp3) is 0.320. The largest absolute Gasteiger partial charge is 0.332 e. The zero-order chi connectivity index (χ0) is 21.7. The van der Waals surface area contributed by atoms with Crippen LogP contribution in [0.5, 0.6) is 0 Å². The highest BCUT2D eigenvalue weighted by atomic mass is 16.2. The number of carbonyl (C=O) groups excluding carboxylic acids is 1. The van der Waals surface area contributed by atoms with E-state index in [2.05, 4.69) is 16.8 Å². The Kier molecular flexibility index (Phi) is 6.68. The second kappa shape index (κ2) is 9.41. The van der Waals surface area contributed by atoms with E-state index in [1.54, 1.807) is 23.2 Å². The molecular weight excluding hydrogens is 374 g/mol. The summed E-state index contributed by atoms with van der Waals surface area (Å²) in [6.45, 7) is 9.36. The van der Waals surface area contributed by atoms with Crippen molar-refractivity contribution in [3.8, 4) is 11.8 Å². The lowest BCUT2D eigenvalue weighted by Crippen LogP contribution is -2.37. The Bertz CT molecular complexity index is 1170. The molecule has 3 aromatic rings. The molecule has 0 unspecified atom stereocenters. The third kappa shape index (κ3) is 4.77. The molecule has 1 aromatic carbocycles. The Morgan fingerprint density at radius 3 is 2.57 bits per heavy atom. The van der Waals surface area contributed by atoms with E-state index >= 15 is 0 Å². The average molecular weight is 402 g/mol. The zero-order valence-corrected chi connectivity index (χ0v) is 18.0. The molecule has 0 radical (unpaired) electrons. The van der Waals surface area contributed by atoms with Crippen LogP contribution in [0.1, 0.15) is 42.4 Å². The van der Waals surface area contributed by atoms with Crippen molar-refractivity contribution in [3.63, 3.8) is 0 Å². The third-order valence-corrected chi connectivity index (χ3v) is 4.78. The molecule has 5 nitrogen and oxygen atoms in total. The summed E-state index contributed by atoms with van der Waals surface area (Å²) in [7, 11) is 0. The molecule has 2 heterocycles. The standard InChI is InChI=1S/C25H27N3O2/c1-5-27-17-22(23(29)21-14-13-19(4)26-24(21)27)25(30)28(16-18(2)3)15-9-12-20-10-7-6-8-11-20/h6-8,10-11,13-14,17-18H,5,15-16H2,1-4H3. The highest BCUT2D eigenvalue weighted by Crippen LogP contribution is 2.13. The Morgan fingerprint density at radius 2 is 1.90 bits per heavy atom. The first kappa shape index (κ1) is 21.3. The SMILES string of the molecule is CCn1cc(C(=O)N(CC#Cc2ccccc2)CC(C)C)c(=O)c2ccc(C)nc21. The van der Waals surface area contributed by atoms with Crippen molar-refractivity contribution < 1.29 is 4.79 Å². The second-order valence-electron chi connectivity index (χ2n) is 7.73. The highest BCUT2D eigenvalue weighted by molar-refractivity contribution is 5.97. The first-order valence-electron chi connectivity index (χ1n) is 10.2. The minimum Gasteiger partial charge on any atom is -0.332 e. The van der Waals surface area contributed by atoms with Crippen molar-refractivity contribution in [1.29, 1.82) is 0 Å². The van der Waals surface area contributed by atoms with Gasteiger partial charge in [0.15, 0.2) is 0 Å². The Hall–Kier alpha value is -3.39. The maximum atomic E-state index is 13.3. The lowest BCUT2D eigenvalue weighted by molar-refractivity contribution is 0.0757. The molecule has 0 spiro atoms. The third-order valence-electron chi connectivity index (χ3n) is 4.78. The second-order valence-corrected chi connectivity index (χ2v) is 7.73. The van der Waals surface area contributed by atoms with Crippen LogP contribution < -0.4 is 5.43 Å². The quantitative estimate of drug-likeness (QED) is 0.610. The number of rotatable bonds is 5. The van der Waals surface area contributed by atoms with Gasteiger partial charge in [-0.15, -0.1) is 0 Å². The van der Waals surface area contributed by atoms with E-state index in [0.29, 0.717) is 24.1 Å². The molecule has 2 aromatic heterocycles. The smallest absolute Gasteiger partial charge is 0.260 e. The van der Waals surface area contributed by atoms with Gasteiger partial charge in [0.25, 0.3) is 5.91 Å². The summed E-state index contributed by atoms with van der Waals surface area (Å²) in [6.07, 6.45) is 1.64. The van der Waals surface area contributed by atoms with Gasteiger partial charge in [-0.25, -0.2) is 4.98 Å². The van der Waals surface area contributed by atoms with Crippen LogP contribution in [0.4, 0.5) is 0 Å². The number of aryl methyl sites for hydroxylation is 2. The summed E-state index contributed by atoms with van der Waals surface area (Å²) < 4.78 is 1.86. The van der Waals surface area contributed by atoms with Crippen LogP contribution in [-0.4, -0.2) is 33.4 Å². The molecule has 0 N–H and O–H groups in total. The minimum atomic E-state index is -0.291. The molecule has 0 saturated carbocycles. The van der Waals surface area contributed by atoms with Crippen LogP contribution in [0.15, 0.2) is 53.5 Å². The Labute approximate surface area is 177 Å². The molecule has 0 aliphatic carbocycles. The molecule has 0 aliphatic heterocycles. The van der Waals surface area contributed by atoms with E-state index in [-0.39, 0.29) is 29.4 Å². The molecule has 0 aliphatic rings. The van der Waals surface area contributed by atoms with Gasteiger partial charge in [-0.2, -0.15) is 0 Å². The normalized spacial score (nSPS) is 10.7. The number of pyridine rings is 2. The molecule has 5 heteroatoms. The first-order chi connectivity index (χ1) is 14.4. The summed E-state index contributed by atoms with van der Waals surface area (Å²) in [5.74, 6) is 6.14. The molecule has 0 atom stereocenters. The monoisotopic (exact) mass is 401 g/mol. The van der Waals surface area contributed by atoms with Gasteiger partial charge in [-0.3, -0.25) is 9.59 Å².